The molecule has 0 bridgehead atoms. The smallest absolute Gasteiger partial charge is 0.227 e. The van der Waals surface area contributed by atoms with Crippen LogP contribution < -0.4 is 4.74 Å². The summed E-state index contributed by atoms with van der Waals surface area (Å²) in [4.78, 5) is 18.4. The molecule has 0 aliphatic heterocycles. The first kappa shape index (κ1) is 20.6. The van der Waals surface area contributed by atoms with E-state index >= 15 is 0 Å². The van der Waals surface area contributed by atoms with E-state index in [-0.39, 0.29) is 5.91 Å². The normalized spacial score (nSPS) is 10.8. The van der Waals surface area contributed by atoms with Crippen LogP contribution in [0, 0.1) is 20.8 Å². The van der Waals surface area contributed by atoms with Crippen LogP contribution in [0.15, 0.2) is 47.0 Å². The second-order valence-electron chi connectivity index (χ2n) is 7.36. The van der Waals surface area contributed by atoms with Crippen molar-refractivity contribution in [2.75, 3.05) is 20.2 Å². The molecule has 0 spiro atoms. The van der Waals surface area contributed by atoms with Gasteiger partial charge in [-0.3, -0.25) is 4.79 Å². The maximum atomic E-state index is 12.4. The predicted molar refractivity (Wildman–Crippen MR) is 112 cm³/mol. The number of nitrogens with zero attached hydrogens (tertiary/aromatic N) is 3. The van der Waals surface area contributed by atoms with Gasteiger partial charge in [0.05, 0.1) is 6.54 Å². The molecule has 6 heteroatoms. The predicted octanol–water partition coefficient (Wildman–Crippen LogP) is 4.13. The van der Waals surface area contributed by atoms with E-state index in [1.807, 2.05) is 57.2 Å². The number of carbonyl (C=O) groups excluding carboxylic acids is 1. The summed E-state index contributed by atoms with van der Waals surface area (Å²) in [5.74, 6) is 1.86. The number of likely N-dealkylation sites (N-methyl/N-ethyl adjacent to an activating group) is 1. The summed E-state index contributed by atoms with van der Waals surface area (Å²) in [7, 11) is 1.78. The van der Waals surface area contributed by atoms with E-state index in [9.17, 15) is 4.79 Å². The van der Waals surface area contributed by atoms with E-state index in [0.717, 1.165) is 22.4 Å². The highest BCUT2D eigenvalue weighted by Gasteiger charge is 2.13. The van der Waals surface area contributed by atoms with Crippen LogP contribution in [-0.4, -0.2) is 41.1 Å². The molecular formula is C23H27N3O3. The molecule has 3 rings (SSSR count). The van der Waals surface area contributed by atoms with Crippen molar-refractivity contribution in [3.63, 3.8) is 0 Å². The number of rotatable bonds is 8. The molecule has 0 fully saturated rings. The fraction of sp³-hybridized carbons (Fsp3) is 0.348. The van der Waals surface area contributed by atoms with Crippen molar-refractivity contribution in [2.45, 2.75) is 33.6 Å². The van der Waals surface area contributed by atoms with Crippen LogP contribution in [0.25, 0.3) is 11.4 Å². The number of hydrogen-bond donors (Lipinski definition) is 0. The lowest BCUT2D eigenvalue weighted by Gasteiger charge is -2.17. The van der Waals surface area contributed by atoms with Gasteiger partial charge < -0.3 is 14.2 Å². The van der Waals surface area contributed by atoms with Crippen molar-refractivity contribution in [1.29, 1.82) is 0 Å². The van der Waals surface area contributed by atoms with E-state index in [1.165, 1.54) is 5.56 Å². The summed E-state index contributed by atoms with van der Waals surface area (Å²) in [6.07, 6.45) is 0.732. The Labute approximate surface area is 171 Å². The molecule has 6 nitrogen and oxygen atoms in total. The average Bonchev–Trinajstić information content (AvgIpc) is 3.15. The minimum atomic E-state index is 0.0177. The van der Waals surface area contributed by atoms with E-state index < -0.39 is 0 Å². The first-order chi connectivity index (χ1) is 13.9. The lowest BCUT2D eigenvalue weighted by atomic mass is 10.1. The van der Waals surface area contributed by atoms with Gasteiger partial charge in [0.25, 0.3) is 0 Å². The average molecular weight is 393 g/mol. The molecule has 1 amide bonds. The highest BCUT2D eigenvalue weighted by atomic mass is 16.5. The van der Waals surface area contributed by atoms with Gasteiger partial charge in [-0.2, -0.15) is 4.98 Å². The molecule has 1 aromatic heterocycles. The fourth-order valence-electron chi connectivity index (χ4n) is 3.02. The van der Waals surface area contributed by atoms with Crippen LogP contribution in [0.1, 0.15) is 29.0 Å². The van der Waals surface area contributed by atoms with Gasteiger partial charge in [-0.05, 0) is 44.0 Å². The molecule has 152 valence electrons. The molecule has 0 saturated heterocycles. The molecule has 0 unspecified atom stereocenters. The van der Waals surface area contributed by atoms with Crippen LogP contribution in [0.3, 0.4) is 0 Å². The van der Waals surface area contributed by atoms with Crippen molar-refractivity contribution in [3.05, 3.63) is 65.0 Å². The van der Waals surface area contributed by atoms with Gasteiger partial charge in [0.2, 0.25) is 17.6 Å². The Bertz CT molecular complexity index is 944. The summed E-state index contributed by atoms with van der Waals surface area (Å²) in [5.41, 5.74) is 4.40. The standard InChI is InChI=1S/C23H27N3O3/c1-16-5-7-19(8-6-16)23-24-21(29-25-23)9-10-22(27)26(4)11-12-28-20-14-17(2)13-18(3)15-20/h5-8,13-15H,9-12H2,1-4H3. The molecule has 0 aliphatic carbocycles. The lowest BCUT2D eigenvalue weighted by molar-refractivity contribution is -0.130. The van der Waals surface area contributed by atoms with Crippen LogP contribution in [0.2, 0.25) is 0 Å². The van der Waals surface area contributed by atoms with Crippen molar-refractivity contribution >= 4 is 5.91 Å². The van der Waals surface area contributed by atoms with E-state index in [1.54, 1.807) is 11.9 Å². The van der Waals surface area contributed by atoms with E-state index in [2.05, 4.69) is 16.2 Å². The van der Waals surface area contributed by atoms with Gasteiger partial charge in [-0.25, -0.2) is 0 Å². The van der Waals surface area contributed by atoms with Gasteiger partial charge in [-0.1, -0.05) is 41.1 Å². The number of carbonyl (C=O) groups is 1. The summed E-state index contributed by atoms with van der Waals surface area (Å²) in [6, 6.07) is 14.0. The number of amides is 1. The minimum absolute atomic E-state index is 0.0177. The van der Waals surface area contributed by atoms with Crippen LogP contribution in [0.5, 0.6) is 5.75 Å². The molecule has 0 saturated carbocycles. The van der Waals surface area contributed by atoms with Gasteiger partial charge in [0.1, 0.15) is 12.4 Å². The molecular weight excluding hydrogens is 366 g/mol. The van der Waals surface area contributed by atoms with Gasteiger partial charge in [0, 0.05) is 25.5 Å². The summed E-state index contributed by atoms with van der Waals surface area (Å²) in [6.45, 7) is 7.07. The maximum Gasteiger partial charge on any atom is 0.227 e. The Morgan fingerprint density at radius 3 is 2.41 bits per heavy atom. The van der Waals surface area contributed by atoms with Crippen LogP contribution in [-0.2, 0) is 11.2 Å². The molecule has 29 heavy (non-hydrogen) atoms. The molecule has 0 aliphatic rings. The zero-order valence-corrected chi connectivity index (χ0v) is 17.4. The van der Waals surface area contributed by atoms with E-state index in [0.29, 0.717) is 37.7 Å². The molecule has 2 aromatic carbocycles. The number of ether oxygens (including phenoxy) is 1. The third-order valence-corrected chi connectivity index (χ3v) is 4.65. The molecule has 3 aromatic rings. The van der Waals surface area contributed by atoms with Gasteiger partial charge in [-0.15, -0.1) is 0 Å². The fourth-order valence-corrected chi connectivity index (χ4v) is 3.02. The molecule has 0 N–H and O–H groups in total. The molecule has 0 atom stereocenters. The Hall–Kier alpha value is -3.15. The third-order valence-electron chi connectivity index (χ3n) is 4.65. The first-order valence-electron chi connectivity index (χ1n) is 9.75. The van der Waals surface area contributed by atoms with Crippen molar-refractivity contribution < 1.29 is 14.1 Å². The number of benzene rings is 2. The Balaban J connectivity index is 1.44. The second kappa shape index (κ2) is 9.37. The van der Waals surface area contributed by atoms with Crippen molar-refractivity contribution in [2.24, 2.45) is 0 Å². The summed E-state index contributed by atoms with van der Waals surface area (Å²) in [5, 5.41) is 4.01. The minimum Gasteiger partial charge on any atom is -0.492 e. The quantitative estimate of drug-likeness (QED) is 0.575. The molecule has 1 heterocycles. The van der Waals surface area contributed by atoms with Gasteiger partial charge >= 0.3 is 0 Å². The SMILES string of the molecule is Cc1ccc(-c2noc(CCC(=O)N(C)CCOc3cc(C)cc(C)c3)n2)cc1. The van der Waals surface area contributed by atoms with Crippen molar-refractivity contribution in [3.8, 4) is 17.1 Å². The van der Waals surface area contributed by atoms with E-state index in [4.69, 9.17) is 9.26 Å². The Kier molecular flexibility index (Phi) is 6.65. The highest BCUT2D eigenvalue weighted by Crippen LogP contribution is 2.17. The summed E-state index contributed by atoms with van der Waals surface area (Å²) < 4.78 is 11.1. The third kappa shape index (κ3) is 5.91. The Morgan fingerprint density at radius 1 is 1.03 bits per heavy atom. The molecule has 0 radical (unpaired) electrons. The monoisotopic (exact) mass is 393 g/mol. The number of hydrogen-bond acceptors (Lipinski definition) is 5. The zero-order valence-electron chi connectivity index (χ0n) is 17.4. The number of aromatic nitrogens is 2. The van der Waals surface area contributed by atoms with Crippen LogP contribution in [0.4, 0.5) is 0 Å². The maximum absolute atomic E-state index is 12.4. The summed E-state index contributed by atoms with van der Waals surface area (Å²) >= 11 is 0. The lowest BCUT2D eigenvalue weighted by Crippen LogP contribution is -2.31. The topological polar surface area (TPSA) is 68.5 Å². The van der Waals surface area contributed by atoms with Crippen molar-refractivity contribution in [1.82, 2.24) is 15.0 Å². The number of aryl methyl sites for hydroxylation is 4. The largest absolute Gasteiger partial charge is 0.492 e. The van der Waals surface area contributed by atoms with Gasteiger partial charge in [0.15, 0.2) is 0 Å². The second-order valence-corrected chi connectivity index (χ2v) is 7.36. The van der Waals surface area contributed by atoms with Crippen LogP contribution >= 0.6 is 0 Å². The highest BCUT2D eigenvalue weighted by molar-refractivity contribution is 5.76. The zero-order chi connectivity index (χ0) is 20.8. The Morgan fingerprint density at radius 2 is 1.72 bits per heavy atom. The first-order valence-corrected chi connectivity index (χ1v) is 9.75.